The van der Waals surface area contributed by atoms with Gasteiger partial charge in [-0.15, -0.1) is 0 Å². The van der Waals surface area contributed by atoms with Crippen LogP contribution in [0.2, 0.25) is 5.02 Å². The SMILES string of the molecule is CC(=O)C1CC=C(c2ccc(-c3nc4nc(O[C@H]5CC[C@H](C(=O)O)CC5)[nH]c4cc3Cl)cc2)CC1. The van der Waals surface area contributed by atoms with Gasteiger partial charge in [-0.1, -0.05) is 41.9 Å². The Morgan fingerprint density at radius 1 is 1.03 bits per heavy atom. The Bertz CT molecular complexity index is 1290. The number of allylic oxidation sites excluding steroid dienone is 2. The van der Waals surface area contributed by atoms with E-state index < -0.39 is 5.97 Å². The van der Waals surface area contributed by atoms with Crippen LogP contribution in [0.3, 0.4) is 0 Å². The number of nitrogens with zero attached hydrogens (tertiary/aromatic N) is 2. The van der Waals surface area contributed by atoms with E-state index in [0.717, 1.165) is 30.4 Å². The molecule has 2 aromatic heterocycles. The summed E-state index contributed by atoms with van der Waals surface area (Å²) in [4.78, 5) is 35.1. The molecule has 0 radical (unpaired) electrons. The number of imidazole rings is 1. The highest BCUT2D eigenvalue weighted by Crippen LogP contribution is 2.34. The van der Waals surface area contributed by atoms with Crippen LogP contribution >= 0.6 is 11.6 Å². The number of carbonyl (C=O) groups excluding carboxylic acids is 1. The molecule has 1 unspecified atom stereocenters. The lowest BCUT2D eigenvalue weighted by molar-refractivity contribution is -0.143. The predicted octanol–water partition coefficient (Wildman–Crippen LogP) is 6.07. The fourth-order valence-corrected chi connectivity index (χ4v) is 5.31. The molecule has 2 heterocycles. The number of ether oxygens (including phenoxy) is 1. The smallest absolute Gasteiger partial charge is 0.306 e. The molecule has 3 aromatic rings. The van der Waals surface area contributed by atoms with Gasteiger partial charge in [-0.05, 0) is 69.1 Å². The van der Waals surface area contributed by atoms with E-state index in [2.05, 4.69) is 33.2 Å². The zero-order valence-electron chi connectivity index (χ0n) is 19.6. The third kappa shape index (κ3) is 5.10. The van der Waals surface area contributed by atoms with Gasteiger partial charge in [-0.2, -0.15) is 4.98 Å². The number of Topliss-reactive ketones (excluding diaryl/α,β-unsaturated/α-hetero) is 1. The summed E-state index contributed by atoms with van der Waals surface area (Å²) in [6.07, 6.45) is 7.32. The van der Waals surface area contributed by atoms with Crippen molar-refractivity contribution in [3.8, 4) is 17.3 Å². The number of halogens is 1. The molecule has 0 saturated heterocycles. The number of benzene rings is 1. The Morgan fingerprint density at radius 3 is 2.37 bits per heavy atom. The molecule has 2 N–H and O–H groups in total. The maximum absolute atomic E-state index is 11.6. The first kappa shape index (κ1) is 23.5. The summed E-state index contributed by atoms with van der Waals surface area (Å²) in [5.41, 5.74) is 5.19. The first-order chi connectivity index (χ1) is 16.9. The number of carboxylic acids is 1. The van der Waals surface area contributed by atoms with E-state index in [-0.39, 0.29) is 23.7 Å². The number of hydrogen-bond donors (Lipinski definition) is 2. The monoisotopic (exact) mass is 493 g/mol. The molecular weight excluding hydrogens is 466 g/mol. The summed E-state index contributed by atoms with van der Waals surface area (Å²) in [6.45, 7) is 1.67. The third-order valence-corrected chi connectivity index (χ3v) is 7.51. The minimum atomic E-state index is -0.733. The predicted molar refractivity (Wildman–Crippen MR) is 134 cm³/mol. The van der Waals surface area contributed by atoms with Crippen LogP contribution in [-0.2, 0) is 9.59 Å². The van der Waals surface area contributed by atoms with Crippen LogP contribution in [-0.4, -0.2) is 37.9 Å². The van der Waals surface area contributed by atoms with Crippen molar-refractivity contribution in [1.29, 1.82) is 0 Å². The van der Waals surface area contributed by atoms with E-state index >= 15 is 0 Å². The molecule has 0 spiro atoms. The average molecular weight is 494 g/mol. The summed E-state index contributed by atoms with van der Waals surface area (Å²) < 4.78 is 5.99. The number of ketones is 1. The van der Waals surface area contributed by atoms with Crippen molar-refractivity contribution in [3.05, 3.63) is 47.0 Å². The lowest BCUT2D eigenvalue weighted by Gasteiger charge is -2.25. The zero-order chi connectivity index (χ0) is 24.5. The zero-order valence-corrected chi connectivity index (χ0v) is 20.3. The lowest BCUT2D eigenvalue weighted by Crippen LogP contribution is -2.28. The normalized spacial score (nSPS) is 22.6. The first-order valence-electron chi connectivity index (χ1n) is 12.1. The minimum Gasteiger partial charge on any atom is -0.481 e. The molecule has 1 saturated carbocycles. The van der Waals surface area contributed by atoms with Gasteiger partial charge in [-0.25, -0.2) is 4.98 Å². The Balaban J connectivity index is 1.30. The number of carboxylic acid groups (broad SMARTS) is 1. The number of nitrogens with one attached hydrogen (secondary N) is 1. The van der Waals surface area contributed by atoms with Gasteiger partial charge in [-0.3, -0.25) is 9.59 Å². The fraction of sp³-hybridized carbons (Fsp3) is 0.407. The van der Waals surface area contributed by atoms with Crippen molar-refractivity contribution in [3.63, 3.8) is 0 Å². The molecule has 0 aliphatic heterocycles. The minimum absolute atomic E-state index is 0.0616. The summed E-state index contributed by atoms with van der Waals surface area (Å²) >= 11 is 6.57. The van der Waals surface area contributed by atoms with Gasteiger partial charge < -0.3 is 14.8 Å². The molecule has 7 nitrogen and oxygen atoms in total. The highest BCUT2D eigenvalue weighted by Gasteiger charge is 2.27. The number of fused-ring (bicyclic) bond motifs is 1. The van der Waals surface area contributed by atoms with Crippen LogP contribution < -0.4 is 4.74 Å². The number of aromatic nitrogens is 3. The molecule has 1 atom stereocenters. The van der Waals surface area contributed by atoms with E-state index in [1.165, 1.54) is 5.57 Å². The van der Waals surface area contributed by atoms with E-state index in [1.807, 2.05) is 12.1 Å². The van der Waals surface area contributed by atoms with Gasteiger partial charge in [0.2, 0.25) is 0 Å². The van der Waals surface area contributed by atoms with Crippen LogP contribution in [0.4, 0.5) is 0 Å². The largest absolute Gasteiger partial charge is 0.481 e. The maximum atomic E-state index is 11.6. The van der Waals surface area contributed by atoms with Crippen LogP contribution in [0.1, 0.15) is 57.4 Å². The second-order valence-corrected chi connectivity index (χ2v) is 9.96. The van der Waals surface area contributed by atoms with Crippen LogP contribution in [0.25, 0.3) is 28.0 Å². The molecule has 5 rings (SSSR count). The number of rotatable bonds is 6. The van der Waals surface area contributed by atoms with Crippen molar-refractivity contribution in [2.24, 2.45) is 11.8 Å². The number of pyridine rings is 1. The number of H-pyrrole nitrogens is 1. The number of aromatic amines is 1. The summed E-state index contributed by atoms with van der Waals surface area (Å²) in [7, 11) is 0. The molecular formula is C27H28ClN3O4. The van der Waals surface area contributed by atoms with Crippen molar-refractivity contribution in [2.45, 2.75) is 58.0 Å². The Kier molecular flexibility index (Phi) is 6.60. The Morgan fingerprint density at radius 2 is 1.74 bits per heavy atom. The molecule has 0 amide bonds. The second-order valence-electron chi connectivity index (χ2n) is 9.55. The third-order valence-electron chi connectivity index (χ3n) is 7.22. The van der Waals surface area contributed by atoms with Crippen molar-refractivity contribution >= 4 is 40.1 Å². The highest BCUT2D eigenvalue weighted by molar-refractivity contribution is 6.33. The van der Waals surface area contributed by atoms with E-state index in [0.29, 0.717) is 53.6 Å². The molecule has 35 heavy (non-hydrogen) atoms. The molecule has 2 aliphatic carbocycles. The maximum Gasteiger partial charge on any atom is 0.306 e. The summed E-state index contributed by atoms with van der Waals surface area (Å²) in [5.74, 6) is -0.602. The molecule has 1 fully saturated rings. The van der Waals surface area contributed by atoms with Crippen LogP contribution in [0.5, 0.6) is 6.01 Å². The number of carbonyl (C=O) groups is 2. The van der Waals surface area contributed by atoms with Crippen molar-refractivity contribution in [2.75, 3.05) is 0 Å². The van der Waals surface area contributed by atoms with Gasteiger partial charge in [0.05, 0.1) is 22.2 Å². The topological polar surface area (TPSA) is 105 Å². The van der Waals surface area contributed by atoms with Crippen LogP contribution in [0, 0.1) is 11.8 Å². The van der Waals surface area contributed by atoms with Crippen molar-refractivity contribution < 1.29 is 19.4 Å². The van der Waals surface area contributed by atoms with Gasteiger partial charge in [0.25, 0.3) is 6.01 Å². The summed E-state index contributed by atoms with van der Waals surface area (Å²) in [6, 6.07) is 10.4. The van der Waals surface area contributed by atoms with Gasteiger partial charge >= 0.3 is 5.97 Å². The Labute approximate surface area is 208 Å². The average Bonchev–Trinajstić information content (AvgIpc) is 3.25. The molecule has 0 bridgehead atoms. The molecule has 1 aromatic carbocycles. The van der Waals surface area contributed by atoms with Gasteiger partial charge in [0, 0.05) is 11.5 Å². The van der Waals surface area contributed by atoms with E-state index in [4.69, 9.17) is 16.3 Å². The molecule has 8 heteroatoms. The number of hydrogen-bond acceptors (Lipinski definition) is 5. The first-order valence-corrected chi connectivity index (χ1v) is 12.5. The quantitative estimate of drug-likeness (QED) is 0.431. The summed E-state index contributed by atoms with van der Waals surface area (Å²) in [5, 5.41) is 9.69. The fourth-order valence-electron chi connectivity index (χ4n) is 5.05. The molecule has 182 valence electrons. The number of aliphatic carboxylic acids is 1. The standard InChI is InChI=1S/C27H28ClN3O4/c1-15(32)16-2-4-17(5-3-16)18-6-8-19(9-7-18)24-22(28)14-23-25(30-24)31-27(29-23)35-21-12-10-20(11-13-21)26(33)34/h4,6-9,14,16,20-21H,2-3,5,10-13H2,1H3,(H,33,34)(H,29,30,31)/t16?,20-,21-. The van der Waals surface area contributed by atoms with E-state index in [1.54, 1.807) is 13.0 Å². The lowest BCUT2D eigenvalue weighted by atomic mass is 9.84. The van der Waals surface area contributed by atoms with Crippen molar-refractivity contribution in [1.82, 2.24) is 15.0 Å². The van der Waals surface area contributed by atoms with E-state index in [9.17, 15) is 14.7 Å². The molecule has 2 aliphatic rings. The Hall–Kier alpha value is -3.19. The van der Waals surface area contributed by atoms with Gasteiger partial charge in [0.1, 0.15) is 11.9 Å². The second kappa shape index (κ2) is 9.82. The van der Waals surface area contributed by atoms with Crippen LogP contribution in [0.15, 0.2) is 36.4 Å². The van der Waals surface area contributed by atoms with Gasteiger partial charge in [0.15, 0.2) is 5.65 Å². The highest BCUT2D eigenvalue weighted by atomic mass is 35.5.